The van der Waals surface area contributed by atoms with Crippen LogP contribution in [0.4, 0.5) is 0 Å². The van der Waals surface area contributed by atoms with Crippen LogP contribution in [0.15, 0.2) is 150 Å². The molecule has 0 aliphatic carbocycles. The van der Waals surface area contributed by atoms with Crippen LogP contribution in [0, 0.1) is 12.1 Å². The van der Waals surface area contributed by atoms with Gasteiger partial charge in [0.15, 0.2) is 0 Å². The molecule has 6 aromatic carbocycles. The zero-order valence-electron chi connectivity index (χ0n) is 28.8. The maximum absolute atomic E-state index is 6.24. The molecule has 10 aromatic rings. The molecule has 255 valence electrons. The van der Waals surface area contributed by atoms with E-state index in [-0.39, 0.29) is 20.1 Å². The zero-order chi connectivity index (χ0) is 34.5. The molecule has 0 unspecified atom stereocenters. The van der Waals surface area contributed by atoms with Gasteiger partial charge in [0, 0.05) is 31.2 Å². The van der Waals surface area contributed by atoms with E-state index in [1.165, 1.54) is 24.6 Å². The summed E-state index contributed by atoms with van der Waals surface area (Å²) in [6, 6.07) is 54.6. The Hall–Kier alpha value is -4.85. The molecule has 0 aliphatic heterocycles. The monoisotopic (exact) mass is 930 g/mol. The van der Waals surface area contributed by atoms with Gasteiger partial charge in [0.05, 0.1) is 22.4 Å². The molecule has 4 aromatic heterocycles. The van der Waals surface area contributed by atoms with Crippen LogP contribution in [0.3, 0.4) is 0 Å². The Morgan fingerprint density at radius 3 is 2.13 bits per heavy atom. The van der Waals surface area contributed by atoms with Gasteiger partial charge in [-0.3, -0.25) is 4.98 Å². The van der Waals surface area contributed by atoms with E-state index >= 15 is 0 Å². The van der Waals surface area contributed by atoms with Crippen molar-refractivity contribution in [3.05, 3.63) is 158 Å². The Morgan fingerprint density at radius 1 is 0.654 bits per heavy atom. The second-order valence-electron chi connectivity index (χ2n) is 13.7. The number of imidazole rings is 1. The normalized spacial score (nSPS) is 11.6. The number of nitrogens with zero attached hydrogens (tertiary/aromatic N) is 3. The third kappa shape index (κ3) is 6.10. The van der Waals surface area contributed by atoms with Gasteiger partial charge in [-0.15, -0.1) is 18.2 Å². The van der Waals surface area contributed by atoms with Crippen LogP contribution in [0.25, 0.3) is 81.5 Å². The van der Waals surface area contributed by atoms with E-state index in [9.17, 15) is 0 Å². The van der Waals surface area contributed by atoms with Crippen molar-refractivity contribution in [2.45, 2.75) is 17.3 Å². The van der Waals surface area contributed by atoms with E-state index in [0.29, 0.717) is 0 Å². The molecule has 0 bridgehead atoms. The van der Waals surface area contributed by atoms with Crippen molar-refractivity contribution in [1.29, 1.82) is 0 Å². The first-order chi connectivity index (χ1) is 24.9. The Morgan fingerprint density at radius 2 is 1.35 bits per heavy atom. The predicted octanol–water partition coefficient (Wildman–Crippen LogP) is 11.9. The molecule has 4 heterocycles. The molecule has 0 saturated carbocycles. The molecule has 0 aliphatic rings. The minimum absolute atomic E-state index is 0. The van der Waals surface area contributed by atoms with Crippen molar-refractivity contribution in [2.75, 3.05) is 0 Å². The van der Waals surface area contributed by atoms with Gasteiger partial charge in [-0.1, -0.05) is 59.5 Å². The smallest absolute Gasteiger partial charge is 0.120 e. The summed E-state index contributed by atoms with van der Waals surface area (Å²) in [7, 11) is 0. The molecule has 4 nitrogen and oxygen atoms in total. The molecule has 0 atom stereocenters. The van der Waals surface area contributed by atoms with E-state index in [1.807, 2.05) is 78.1 Å². The zero-order valence-corrected chi connectivity index (χ0v) is 34.2. The largest absolute Gasteiger partial charge is 0.501 e. The average Bonchev–Trinajstić information content (AvgIpc) is 3.87. The van der Waals surface area contributed by atoms with Crippen molar-refractivity contribution in [3.8, 4) is 28.3 Å². The summed E-state index contributed by atoms with van der Waals surface area (Å²) in [6.07, 6.45) is 2.08. The van der Waals surface area contributed by atoms with Gasteiger partial charge in [-0.2, -0.15) is 0 Å². The van der Waals surface area contributed by atoms with Gasteiger partial charge in [-0.25, -0.2) is 0 Å². The summed E-state index contributed by atoms with van der Waals surface area (Å²) in [4.78, 5) is 9.71. The number of benzene rings is 6. The van der Waals surface area contributed by atoms with Crippen molar-refractivity contribution in [1.82, 2.24) is 14.5 Å². The molecular formula is C45H33GeIrN3OS-2. The van der Waals surface area contributed by atoms with Gasteiger partial charge >= 0.3 is 143 Å². The summed E-state index contributed by atoms with van der Waals surface area (Å²) < 4.78 is 12.5. The number of para-hydroxylation sites is 4. The summed E-state index contributed by atoms with van der Waals surface area (Å²) in [5.41, 5.74) is 7.78. The topological polar surface area (TPSA) is 43.9 Å². The minimum atomic E-state index is -1.81. The van der Waals surface area contributed by atoms with Crippen molar-refractivity contribution >= 4 is 82.1 Å². The van der Waals surface area contributed by atoms with Crippen LogP contribution >= 0.6 is 11.3 Å². The van der Waals surface area contributed by atoms with E-state index in [0.717, 1.165) is 61.3 Å². The number of furan rings is 1. The molecule has 0 spiro atoms. The number of thiophene rings is 1. The first kappa shape index (κ1) is 34.2. The molecule has 10 rings (SSSR count). The molecule has 52 heavy (non-hydrogen) atoms. The fourth-order valence-electron chi connectivity index (χ4n) is 6.75. The Labute approximate surface area is 322 Å². The quantitative estimate of drug-likeness (QED) is 0.130. The molecule has 0 amide bonds. The Kier molecular flexibility index (Phi) is 9.18. The summed E-state index contributed by atoms with van der Waals surface area (Å²) >= 11 is 0.0250. The summed E-state index contributed by atoms with van der Waals surface area (Å²) in [5, 5.41) is 4.81. The number of hydrogen-bond donors (Lipinski definition) is 0. The number of hydrogen-bond acceptors (Lipinski definition) is 4. The van der Waals surface area contributed by atoms with Crippen molar-refractivity contribution in [2.24, 2.45) is 0 Å². The van der Waals surface area contributed by atoms with Crippen LogP contribution in [0.1, 0.15) is 0 Å². The fourth-order valence-corrected chi connectivity index (χ4v) is 10.1. The molecule has 0 fully saturated rings. The third-order valence-corrected chi connectivity index (χ3v) is 14.8. The average molecular weight is 929 g/mol. The molecule has 1 radical (unpaired) electrons. The third-order valence-electron chi connectivity index (χ3n) is 9.36. The second kappa shape index (κ2) is 13.9. The van der Waals surface area contributed by atoms with E-state index in [2.05, 4.69) is 113 Å². The minimum Gasteiger partial charge on any atom is -0.501 e. The van der Waals surface area contributed by atoms with Crippen LogP contribution < -0.4 is 4.40 Å². The van der Waals surface area contributed by atoms with E-state index < -0.39 is 13.3 Å². The van der Waals surface area contributed by atoms with Gasteiger partial charge < -0.3 is 8.98 Å². The second-order valence-corrected chi connectivity index (χ2v) is 25.4. The van der Waals surface area contributed by atoms with Crippen LogP contribution in [0.5, 0.6) is 0 Å². The van der Waals surface area contributed by atoms with Crippen LogP contribution in [0.2, 0.25) is 17.3 Å². The Balaban J connectivity index is 0.000000149. The maximum atomic E-state index is 6.24. The number of rotatable bonds is 4. The fraction of sp³-hybridized carbons (Fsp3) is 0.0667. The number of pyridine rings is 1. The van der Waals surface area contributed by atoms with Crippen LogP contribution in [-0.2, 0) is 20.1 Å². The SMILES string of the molecule is [CH3][Ge]([CH3])([CH3])[c]1ccc(-c2[c-]ccc3c2sc2ccccc23)nc1.[Ir].[c-]1ccc2c(oc3ccccc32)c1-c1nc2ccccc2n1-c1ccccc1. The van der Waals surface area contributed by atoms with Gasteiger partial charge in [0.2, 0.25) is 0 Å². The Bertz CT molecular complexity index is 2850. The maximum Gasteiger partial charge on any atom is 0.120 e. The summed E-state index contributed by atoms with van der Waals surface area (Å²) in [5.74, 6) is 8.03. The van der Waals surface area contributed by atoms with Gasteiger partial charge in [0.25, 0.3) is 0 Å². The van der Waals surface area contributed by atoms with E-state index in [1.54, 1.807) is 0 Å². The molecule has 0 saturated heterocycles. The van der Waals surface area contributed by atoms with Crippen molar-refractivity contribution in [3.63, 3.8) is 0 Å². The first-order valence-corrected chi connectivity index (χ1v) is 25.2. The molecular weight excluding hydrogens is 895 g/mol. The first-order valence-electron chi connectivity index (χ1n) is 17.1. The number of aromatic nitrogens is 3. The van der Waals surface area contributed by atoms with E-state index in [4.69, 9.17) is 14.4 Å². The standard InChI is InChI=1S/C25H15N2O.C20H18GeNS.Ir/c1-2-9-17(10-3-1)27-22-15-6-5-14-21(22)26-25(27)20-13-8-12-19-18-11-4-7-16-23(18)28-24(19)20;1-21(2,3)14-11-12-18(22-13-14)17-9-6-8-16-15-7-4-5-10-19(15)23-20(16)17;/h1-12,14-16H;4-8,10-13H,1-3H3;/q2*-1;. The van der Waals surface area contributed by atoms with Gasteiger partial charge in [0.1, 0.15) is 5.58 Å². The summed E-state index contributed by atoms with van der Waals surface area (Å²) in [6.45, 7) is 0. The number of fused-ring (bicyclic) bond motifs is 7. The van der Waals surface area contributed by atoms with Crippen molar-refractivity contribution < 1.29 is 24.5 Å². The van der Waals surface area contributed by atoms with Gasteiger partial charge in [-0.05, 0) is 30.3 Å². The molecule has 7 heteroatoms. The predicted molar refractivity (Wildman–Crippen MR) is 217 cm³/mol. The molecule has 0 N–H and O–H groups in total. The van der Waals surface area contributed by atoms with Crippen LogP contribution in [-0.4, -0.2) is 27.8 Å².